The number of nitrogens with zero attached hydrogens (tertiary/aromatic N) is 1. The molecule has 0 aliphatic heterocycles. The van der Waals surface area contributed by atoms with Crippen molar-refractivity contribution in [2.24, 2.45) is 0 Å². The topological polar surface area (TPSA) is 39.2 Å². The van der Waals surface area contributed by atoms with Gasteiger partial charge in [-0.25, -0.2) is 9.78 Å². The lowest BCUT2D eigenvalue weighted by atomic mass is 10.2. The van der Waals surface area contributed by atoms with Gasteiger partial charge < -0.3 is 4.74 Å². The third-order valence-corrected chi connectivity index (χ3v) is 2.27. The van der Waals surface area contributed by atoms with Crippen LogP contribution in [0.15, 0.2) is 6.07 Å². The number of hydrogen-bond donors (Lipinski definition) is 0. The number of aromatic nitrogens is 1. The average Bonchev–Trinajstić information content (AvgIpc) is 2.11. The van der Waals surface area contributed by atoms with Gasteiger partial charge in [0.15, 0.2) is 0 Å². The van der Waals surface area contributed by atoms with E-state index in [1.165, 1.54) is 0 Å². The molecule has 0 spiro atoms. The predicted molar refractivity (Wildman–Crippen MR) is 55.0 cm³/mol. The zero-order chi connectivity index (χ0) is 10.7. The van der Waals surface area contributed by atoms with E-state index in [2.05, 4.69) is 4.98 Å². The minimum atomic E-state index is -0.482. The molecule has 1 heterocycles. The Morgan fingerprint density at radius 3 is 2.71 bits per heavy atom. The molecule has 0 aliphatic carbocycles. The van der Waals surface area contributed by atoms with E-state index in [-0.39, 0.29) is 10.7 Å². The van der Waals surface area contributed by atoms with E-state index in [1.807, 2.05) is 0 Å². The summed E-state index contributed by atoms with van der Waals surface area (Å²) in [6.07, 6.45) is 0. The van der Waals surface area contributed by atoms with E-state index in [4.69, 9.17) is 27.9 Å². The number of rotatable bonds is 2. The molecule has 5 heteroatoms. The average molecular weight is 234 g/mol. The van der Waals surface area contributed by atoms with Crippen LogP contribution in [0.25, 0.3) is 0 Å². The fourth-order valence-corrected chi connectivity index (χ4v) is 1.32. The lowest BCUT2D eigenvalue weighted by molar-refractivity contribution is 0.0526. The molecule has 0 aromatic carbocycles. The van der Waals surface area contributed by atoms with Gasteiger partial charge in [0.25, 0.3) is 0 Å². The van der Waals surface area contributed by atoms with Gasteiger partial charge in [-0.15, -0.1) is 0 Å². The van der Waals surface area contributed by atoms with E-state index >= 15 is 0 Å². The molecule has 0 saturated carbocycles. The molecule has 0 radical (unpaired) electrons. The van der Waals surface area contributed by atoms with E-state index in [1.54, 1.807) is 19.9 Å². The number of pyridine rings is 1. The van der Waals surface area contributed by atoms with Gasteiger partial charge in [-0.1, -0.05) is 23.2 Å². The summed E-state index contributed by atoms with van der Waals surface area (Å²) >= 11 is 11.5. The van der Waals surface area contributed by atoms with Gasteiger partial charge in [-0.3, -0.25) is 0 Å². The Bertz CT molecular complexity index is 366. The fraction of sp³-hybridized carbons (Fsp3) is 0.333. The quantitative estimate of drug-likeness (QED) is 0.583. The smallest absolute Gasteiger partial charge is 0.341 e. The van der Waals surface area contributed by atoms with Crippen LogP contribution in [0.5, 0.6) is 0 Å². The number of aryl methyl sites for hydroxylation is 1. The van der Waals surface area contributed by atoms with E-state index in [0.29, 0.717) is 17.3 Å². The van der Waals surface area contributed by atoms with Crippen molar-refractivity contribution >= 4 is 29.2 Å². The van der Waals surface area contributed by atoms with Crippen molar-refractivity contribution < 1.29 is 9.53 Å². The molecule has 0 atom stereocenters. The molecule has 0 N–H and O–H groups in total. The second-order valence-corrected chi connectivity index (χ2v) is 3.37. The van der Waals surface area contributed by atoms with Crippen LogP contribution in [0.4, 0.5) is 0 Å². The SMILES string of the molecule is CCOC(=O)c1cc(C)c(Cl)nc1Cl. The van der Waals surface area contributed by atoms with Crippen molar-refractivity contribution in [2.75, 3.05) is 6.61 Å². The maximum atomic E-state index is 11.3. The van der Waals surface area contributed by atoms with Crippen LogP contribution in [0.3, 0.4) is 0 Å². The first kappa shape index (κ1) is 11.3. The van der Waals surface area contributed by atoms with Gasteiger partial charge in [-0.2, -0.15) is 0 Å². The van der Waals surface area contributed by atoms with E-state index in [0.717, 1.165) is 0 Å². The van der Waals surface area contributed by atoms with Crippen LogP contribution in [0.1, 0.15) is 22.8 Å². The Hall–Kier alpha value is -0.800. The molecule has 76 valence electrons. The molecule has 0 amide bonds. The number of halogens is 2. The zero-order valence-electron chi connectivity index (χ0n) is 7.80. The number of esters is 1. The van der Waals surface area contributed by atoms with Gasteiger partial charge >= 0.3 is 5.97 Å². The first-order valence-electron chi connectivity index (χ1n) is 4.06. The molecule has 1 aromatic heterocycles. The van der Waals surface area contributed by atoms with Gasteiger partial charge in [0.1, 0.15) is 10.3 Å². The van der Waals surface area contributed by atoms with Crippen LogP contribution >= 0.6 is 23.2 Å². The molecule has 14 heavy (non-hydrogen) atoms. The normalized spacial score (nSPS) is 10.0. The van der Waals surface area contributed by atoms with E-state index < -0.39 is 5.97 Å². The first-order valence-corrected chi connectivity index (χ1v) is 4.81. The van der Waals surface area contributed by atoms with Gasteiger partial charge in [0.05, 0.1) is 12.2 Å². The second-order valence-electron chi connectivity index (χ2n) is 2.65. The lowest BCUT2D eigenvalue weighted by Crippen LogP contribution is -2.06. The molecular formula is C9H9Cl2NO2. The number of carbonyl (C=O) groups is 1. The highest BCUT2D eigenvalue weighted by Crippen LogP contribution is 2.21. The van der Waals surface area contributed by atoms with Crippen molar-refractivity contribution in [3.05, 3.63) is 27.5 Å². The monoisotopic (exact) mass is 233 g/mol. The molecule has 0 saturated heterocycles. The second kappa shape index (κ2) is 4.62. The summed E-state index contributed by atoms with van der Waals surface area (Å²) in [5, 5.41) is 0.363. The highest BCUT2D eigenvalue weighted by Gasteiger charge is 2.14. The molecule has 0 unspecified atom stereocenters. The van der Waals surface area contributed by atoms with Crippen LogP contribution in [0.2, 0.25) is 10.3 Å². The predicted octanol–water partition coefficient (Wildman–Crippen LogP) is 2.87. The minimum Gasteiger partial charge on any atom is -0.462 e. The van der Waals surface area contributed by atoms with Crippen molar-refractivity contribution in [3.63, 3.8) is 0 Å². The summed E-state index contributed by atoms with van der Waals surface area (Å²) in [5.41, 5.74) is 0.939. The summed E-state index contributed by atoms with van der Waals surface area (Å²) in [7, 11) is 0. The highest BCUT2D eigenvalue weighted by molar-refractivity contribution is 6.34. The molecule has 3 nitrogen and oxygen atoms in total. The van der Waals surface area contributed by atoms with Crippen molar-refractivity contribution in [1.29, 1.82) is 0 Å². The third kappa shape index (κ3) is 2.36. The molecule has 1 aromatic rings. The molecule has 0 fully saturated rings. The van der Waals surface area contributed by atoms with Gasteiger partial charge in [-0.05, 0) is 25.5 Å². The highest BCUT2D eigenvalue weighted by atomic mass is 35.5. The van der Waals surface area contributed by atoms with Crippen molar-refractivity contribution in [1.82, 2.24) is 4.98 Å². The Morgan fingerprint density at radius 1 is 1.50 bits per heavy atom. The van der Waals surface area contributed by atoms with Crippen molar-refractivity contribution in [2.45, 2.75) is 13.8 Å². The summed E-state index contributed by atoms with van der Waals surface area (Å²) in [5.74, 6) is -0.482. The number of hydrogen-bond acceptors (Lipinski definition) is 3. The van der Waals surface area contributed by atoms with Crippen LogP contribution in [-0.2, 0) is 4.74 Å². The van der Waals surface area contributed by atoms with Crippen LogP contribution in [0, 0.1) is 6.92 Å². The standard InChI is InChI=1S/C9H9Cl2NO2/c1-3-14-9(13)6-4-5(2)7(10)12-8(6)11/h4H,3H2,1-2H3. The molecule has 1 rings (SSSR count). The Balaban J connectivity index is 3.09. The maximum absolute atomic E-state index is 11.3. The molecule has 0 bridgehead atoms. The maximum Gasteiger partial charge on any atom is 0.341 e. The largest absolute Gasteiger partial charge is 0.462 e. The summed E-state index contributed by atoms with van der Waals surface area (Å²) in [6, 6.07) is 1.57. The minimum absolute atomic E-state index is 0.0686. The fourth-order valence-electron chi connectivity index (χ4n) is 0.922. The number of ether oxygens (including phenoxy) is 1. The van der Waals surface area contributed by atoms with Gasteiger partial charge in [0, 0.05) is 0 Å². The van der Waals surface area contributed by atoms with Crippen LogP contribution < -0.4 is 0 Å². The Kier molecular flexibility index (Phi) is 3.72. The van der Waals surface area contributed by atoms with Crippen molar-refractivity contribution in [3.8, 4) is 0 Å². The molecule has 0 aliphatic rings. The lowest BCUT2D eigenvalue weighted by Gasteiger charge is -2.05. The zero-order valence-corrected chi connectivity index (χ0v) is 9.32. The first-order chi connectivity index (χ1) is 6.56. The summed E-state index contributed by atoms with van der Waals surface area (Å²) in [4.78, 5) is 15.1. The molecular weight excluding hydrogens is 225 g/mol. The van der Waals surface area contributed by atoms with Gasteiger partial charge in [0.2, 0.25) is 0 Å². The summed E-state index contributed by atoms with van der Waals surface area (Å²) in [6.45, 7) is 3.77. The Morgan fingerprint density at radius 2 is 2.14 bits per heavy atom. The third-order valence-electron chi connectivity index (χ3n) is 1.60. The number of carbonyl (C=O) groups excluding carboxylic acids is 1. The van der Waals surface area contributed by atoms with E-state index in [9.17, 15) is 4.79 Å². The Labute approximate surface area is 92.0 Å². The van der Waals surface area contributed by atoms with Crippen LogP contribution in [-0.4, -0.2) is 17.6 Å². The summed E-state index contributed by atoms with van der Waals surface area (Å²) < 4.78 is 4.80.